The summed E-state index contributed by atoms with van der Waals surface area (Å²) < 4.78 is 23.4. The van der Waals surface area contributed by atoms with E-state index in [2.05, 4.69) is 46.2 Å². The summed E-state index contributed by atoms with van der Waals surface area (Å²) in [5.74, 6) is 1.56. The van der Waals surface area contributed by atoms with E-state index in [1.807, 2.05) is 12.1 Å². The molecular weight excluding hydrogens is 454 g/mol. The minimum absolute atomic E-state index is 0.338. The van der Waals surface area contributed by atoms with Gasteiger partial charge >= 0.3 is 0 Å². The Hall–Kier alpha value is -2.36. The normalized spacial score (nSPS) is 22.5. The monoisotopic (exact) mass is 491 g/mol. The lowest BCUT2D eigenvalue weighted by Gasteiger charge is -2.47. The van der Waals surface area contributed by atoms with Crippen LogP contribution in [0.1, 0.15) is 44.1 Å². The van der Waals surface area contributed by atoms with Crippen LogP contribution >= 0.6 is 0 Å². The molecule has 1 aliphatic carbocycles. The van der Waals surface area contributed by atoms with Crippen molar-refractivity contribution in [3.05, 3.63) is 60.2 Å². The van der Waals surface area contributed by atoms with Crippen molar-refractivity contribution in [3.63, 3.8) is 0 Å². The third kappa shape index (κ3) is 4.86. The van der Waals surface area contributed by atoms with Crippen LogP contribution in [0, 0.1) is 29.1 Å². The van der Waals surface area contributed by atoms with E-state index < -0.39 is 9.84 Å². The number of nitriles is 1. The van der Waals surface area contributed by atoms with Crippen molar-refractivity contribution in [1.29, 1.82) is 5.26 Å². The molecule has 3 aliphatic rings. The Bertz CT molecular complexity index is 1140. The standard InChI is InChI=1S/C29H37N3O2S/c1-35(33,34)28-13-11-27(12-14-28)32-20-23(21-32)19-31-17-15-26(16-18-31)29(22-30,25-9-5-6-10-25)24-7-3-2-4-8-24/h2-4,7-8,11-14,23,25-26H,5-6,9-10,15-21H2,1H3. The number of hydrogen-bond donors (Lipinski definition) is 0. The number of benzene rings is 2. The average molecular weight is 492 g/mol. The van der Waals surface area contributed by atoms with Crippen molar-refractivity contribution in [2.45, 2.75) is 48.8 Å². The van der Waals surface area contributed by atoms with Crippen molar-refractivity contribution in [1.82, 2.24) is 4.90 Å². The molecule has 5 nitrogen and oxygen atoms in total. The minimum Gasteiger partial charge on any atom is -0.371 e. The van der Waals surface area contributed by atoms with Gasteiger partial charge in [0.2, 0.25) is 0 Å². The molecular formula is C29H37N3O2S. The van der Waals surface area contributed by atoms with Gasteiger partial charge in [0.05, 0.1) is 16.4 Å². The van der Waals surface area contributed by atoms with E-state index in [-0.39, 0.29) is 5.41 Å². The predicted octanol–water partition coefficient (Wildman–Crippen LogP) is 4.89. The maximum absolute atomic E-state index is 11.7. The molecule has 0 N–H and O–H groups in total. The quantitative estimate of drug-likeness (QED) is 0.552. The van der Waals surface area contributed by atoms with Gasteiger partial charge in [-0.3, -0.25) is 0 Å². The number of piperidine rings is 1. The molecule has 2 aromatic rings. The van der Waals surface area contributed by atoms with Gasteiger partial charge in [-0.1, -0.05) is 43.2 Å². The van der Waals surface area contributed by atoms with Crippen molar-refractivity contribution >= 4 is 15.5 Å². The number of likely N-dealkylation sites (tertiary alicyclic amines) is 1. The molecule has 2 saturated heterocycles. The maximum atomic E-state index is 11.7. The largest absolute Gasteiger partial charge is 0.371 e. The summed E-state index contributed by atoms with van der Waals surface area (Å²) in [5.41, 5.74) is 2.00. The van der Waals surface area contributed by atoms with Crippen LogP contribution in [0.4, 0.5) is 5.69 Å². The van der Waals surface area contributed by atoms with Gasteiger partial charge in [-0.25, -0.2) is 8.42 Å². The zero-order valence-corrected chi connectivity index (χ0v) is 21.6. The third-order valence-corrected chi connectivity index (χ3v) is 9.90. The molecule has 0 amide bonds. The summed E-state index contributed by atoms with van der Waals surface area (Å²) in [4.78, 5) is 5.31. The fourth-order valence-electron chi connectivity index (χ4n) is 6.88. The number of hydrogen-bond acceptors (Lipinski definition) is 5. The van der Waals surface area contributed by atoms with Crippen molar-refractivity contribution in [2.24, 2.45) is 17.8 Å². The Morgan fingerprint density at radius 1 is 0.914 bits per heavy atom. The number of anilines is 1. The second-order valence-electron chi connectivity index (χ2n) is 10.9. The Balaban J connectivity index is 1.17. The molecule has 2 aromatic carbocycles. The topological polar surface area (TPSA) is 64.4 Å². The molecule has 2 heterocycles. The zero-order chi connectivity index (χ0) is 24.5. The fourth-order valence-corrected chi connectivity index (χ4v) is 7.51. The summed E-state index contributed by atoms with van der Waals surface area (Å²) in [6.07, 6.45) is 8.34. The van der Waals surface area contributed by atoms with Gasteiger partial charge in [0.1, 0.15) is 0 Å². The number of nitrogens with zero attached hydrogens (tertiary/aromatic N) is 3. The lowest BCUT2D eigenvalue weighted by Crippen LogP contribution is -2.53. The number of rotatable bonds is 7. The molecule has 0 aromatic heterocycles. The van der Waals surface area contributed by atoms with Crippen LogP contribution in [0.2, 0.25) is 0 Å². The van der Waals surface area contributed by atoms with Crippen molar-refractivity contribution in [3.8, 4) is 6.07 Å². The molecule has 186 valence electrons. The highest BCUT2D eigenvalue weighted by atomic mass is 32.2. The van der Waals surface area contributed by atoms with Crippen LogP contribution in [-0.4, -0.2) is 52.3 Å². The van der Waals surface area contributed by atoms with E-state index in [1.165, 1.54) is 37.5 Å². The highest BCUT2D eigenvalue weighted by Crippen LogP contribution is 2.50. The highest BCUT2D eigenvalue weighted by molar-refractivity contribution is 7.90. The summed E-state index contributed by atoms with van der Waals surface area (Å²) in [7, 11) is -3.15. The van der Waals surface area contributed by atoms with Gasteiger partial charge in [-0.15, -0.1) is 0 Å². The molecule has 1 unspecified atom stereocenters. The molecule has 0 spiro atoms. The van der Waals surface area contributed by atoms with Gasteiger partial charge < -0.3 is 9.80 Å². The van der Waals surface area contributed by atoms with Crippen molar-refractivity contribution in [2.75, 3.05) is 43.9 Å². The smallest absolute Gasteiger partial charge is 0.175 e. The molecule has 1 atom stereocenters. The Morgan fingerprint density at radius 2 is 1.51 bits per heavy atom. The first kappa shape index (κ1) is 24.3. The number of sulfone groups is 1. The van der Waals surface area contributed by atoms with Crippen LogP contribution in [0.15, 0.2) is 59.5 Å². The summed E-state index contributed by atoms with van der Waals surface area (Å²) in [5, 5.41) is 10.6. The van der Waals surface area contributed by atoms with Crippen LogP contribution in [-0.2, 0) is 15.3 Å². The van der Waals surface area contributed by atoms with E-state index in [1.54, 1.807) is 12.1 Å². The van der Waals surface area contributed by atoms with Crippen molar-refractivity contribution < 1.29 is 8.42 Å². The first-order valence-corrected chi connectivity index (χ1v) is 15.0. The SMILES string of the molecule is CS(=O)(=O)c1ccc(N2CC(CN3CCC(C(C#N)(c4ccccc4)C4CCCC4)CC3)C2)cc1. The Labute approximate surface area is 210 Å². The molecule has 0 radical (unpaired) electrons. The summed E-state index contributed by atoms with van der Waals surface area (Å²) in [6.45, 7) is 5.30. The minimum atomic E-state index is -3.15. The van der Waals surface area contributed by atoms with Crippen LogP contribution in [0.5, 0.6) is 0 Å². The van der Waals surface area contributed by atoms with Crippen LogP contribution in [0.25, 0.3) is 0 Å². The predicted molar refractivity (Wildman–Crippen MR) is 140 cm³/mol. The molecule has 2 aliphatic heterocycles. The first-order valence-electron chi connectivity index (χ1n) is 13.1. The van der Waals surface area contributed by atoms with E-state index in [9.17, 15) is 13.7 Å². The summed E-state index contributed by atoms with van der Waals surface area (Å²) in [6, 6.07) is 20.8. The lowest BCUT2D eigenvalue weighted by atomic mass is 9.60. The van der Waals surface area contributed by atoms with Crippen LogP contribution < -0.4 is 4.90 Å². The Kier molecular flexibility index (Phi) is 6.92. The molecule has 5 rings (SSSR count). The van der Waals surface area contributed by atoms with Gasteiger partial charge in [0.15, 0.2) is 9.84 Å². The molecule has 1 saturated carbocycles. The molecule has 35 heavy (non-hydrogen) atoms. The second-order valence-corrected chi connectivity index (χ2v) is 13.0. The van der Waals surface area contributed by atoms with E-state index >= 15 is 0 Å². The van der Waals surface area contributed by atoms with Gasteiger partial charge in [0, 0.05) is 37.5 Å². The van der Waals surface area contributed by atoms with Gasteiger partial charge in [-0.05, 0) is 80.4 Å². The van der Waals surface area contributed by atoms with Gasteiger partial charge in [-0.2, -0.15) is 5.26 Å². The molecule has 0 bridgehead atoms. The molecule has 3 fully saturated rings. The highest BCUT2D eigenvalue weighted by Gasteiger charge is 2.48. The third-order valence-electron chi connectivity index (χ3n) is 8.77. The second kappa shape index (κ2) is 9.95. The maximum Gasteiger partial charge on any atom is 0.175 e. The first-order chi connectivity index (χ1) is 16.9. The zero-order valence-electron chi connectivity index (χ0n) is 20.8. The van der Waals surface area contributed by atoms with Gasteiger partial charge in [0.25, 0.3) is 0 Å². The van der Waals surface area contributed by atoms with E-state index in [0.717, 1.165) is 51.3 Å². The van der Waals surface area contributed by atoms with E-state index in [0.29, 0.717) is 22.6 Å². The van der Waals surface area contributed by atoms with E-state index in [4.69, 9.17) is 0 Å². The average Bonchev–Trinajstić information content (AvgIpc) is 3.38. The lowest BCUT2D eigenvalue weighted by molar-refractivity contribution is 0.103. The Morgan fingerprint density at radius 3 is 2.09 bits per heavy atom. The summed E-state index contributed by atoms with van der Waals surface area (Å²) >= 11 is 0. The fraction of sp³-hybridized carbons (Fsp3) is 0.552. The van der Waals surface area contributed by atoms with Crippen LogP contribution in [0.3, 0.4) is 0 Å². The molecule has 6 heteroatoms.